The summed E-state index contributed by atoms with van der Waals surface area (Å²) >= 11 is 1.52. The standard InChI is InChI=1S/C19H20N2O2S/c1-13-7-8-15(14(2)9-13)10-20-18(22)11-21-16-5-3-4-6-17(16)24-12-19(21)23/h3-9H,10-12H2,1-2H3,(H,20,22). The van der Waals surface area contributed by atoms with Gasteiger partial charge in [0.15, 0.2) is 0 Å². The highest BCUT2D eigenvalue weighted by atomic mass is 32.2. The SMILES string of the molecule is Cc1ccc(CNC(=O)CN2C(=O)CSc3ccccc32)c(C)c1. The molecule has 0 unspecified atom stereocenters. The van der Waals surface area contributed by atoms with Gasteiger partial charge in [0.1, 0.15) is 6.54 Å². The number of carbonyl (C=O) groups excluding carboxylic acids is 2. The normalized spacial score (nSPS) is 13.6. The Labute approximate surface area is 146 Å². The first kappa shape index (κ1) is 16.6. The van der Waals surface area contributed by atoms with Crippen LogP contribution in [0.1, 0.15) is 16.7 Å². The maximum atomic E-state index is 12.3. The molecule has 3 rings (SSSR count). The third kappa shape index (κ3) is 3.62. The van der Waals surface area contributed by atoms with Crippen LogP contribution < -0.4 is 10.2 Å². The fraction of sp³-hybridized carbons (Fsp3) is 0.263. The summed E-state index contributed by atoms with van der Waals surface area (Å²) in [6.07, 6.45) is 0. The zero-order valence-corrected chi connectivity index (χ0v) is 14.7. The minimum absolute atomic E-state index is 0.0274. The molecule has 124 valence electrons. The van der Waals surface area contributed by atoms with Gasteiger partial charge in [-0.25, -0.2) is 0 Å². The Balaban J connectivity index is 1.65. The van der Waals surface area contributed by atoms with Crippen LogP contribution in [-0.4, -0.2) is 24.1 Å². The molecular weight excluding hydrogens is 320 g/mol. The Morgan fingerprint density at radius 3 is 2.79 bits per heavy atom. The van der Waals surface area contributed by atoms with Crippen molar-refractivity contribution in [3.8, 4) is 0 Å². The highest BCUT2D eigenvalue weighted by molar-refractivity contribution is 8.00. The summed E-state index contributed by atoms with van der Waals surface area (Å²) in [5.74, 6) is 0.201. The lowest BCUT2D eigenvalue weighted by molar-refractivity contribution is -0.123. The molecule has 0 saturated carbocycles. The summed E-state index contributed by atoms with van der Waals surface area (Å²) < 4.78 is 0. The lowest BCUT2D eigenvalue weighted by Crippen LogP contribution is -2.43. The zero-order chi connectivity index (χ0) is 17.1. The van der Waals surface area contributed by atoms with Crippen LogP contribution in [-0.2, 0) is 16.1 Å². The number of amides is 2. The highest BCUT2D eigenvalue weighted by Crippen LogP contribution is 2.34. The lowest BCUT2D eigenvalue weighted by atomic mass is 10.1. The largest absolute Gasteiger partial charge is 0.350 e. The van der Waals surface area contributed by atoms with Crippen molar-refractivity contribution >= 4 is 29.3 Å². The number of carbonyl (C=O) groups is 2. The molecule has 1 N–H and O–H groups in total. The van der Waals surface area contributed by atoms with E-state index in [0.29, 0.717) is 12.3 Å². The van der Waals surface area contributed by atoms with E-state index in [4.69, 9.17) is 0 Å². The fourth-order valence-corrected chi connectivity index (χ4v) is 3.70. The van der Waals surface area contributed by atoms with E-state index in [-0.39, 0.29) is 18.4 Å². The number of aryl methyl sites for hydroxylation is 2. The molecule has 0 fully saturated rings. The van der Waals surface area contributed by atoms with Gasteiger partial charge in [-0.1, -0.05) is 35.9 Å². The van der Waals surface area contributed by atoms with E-state index in [1.165, 1.54) is 17.3 Å². The van der Waals surface area contributed by atoms with E-state index in [1.807, 2.05) is 50.2 Å². The molecule has 0 bridgehead atoms. The Kier molecular flexibility index (Phi) is 4.90. The molecule has 0 aliphatic carbocycles. The van der Waals surface area contributed by atoms with Gasteiger partial charge in [-0.2, -0.15) is 0 Å². The van der Waals surface area contributed by atoms with Crippen molar-refractivity contribution in [2.75, 3.05) is 17.2 Å². The molecule has 0 radical (unpaired) electrons. The Morgan fingerprint density at radius 1 is 1.21 bits per heavy atom. The van der Waals surface area contributed by atoms with E-state index >= 15 is 0 Å². The third-order valence-electron chi connectivity index (χ3n) is 4.08. The molecule has 2 aromatic rings. The van der Waals surface area contributed by atoms with Gasteiger partial charge in [0, 0.05) is 11.4 Å². The summed E-state index contributed by atoms with van der Waals surface area (Å²) in [7, 11) is 0. The van der Waals surface area contributed by atoms with Crippen LogP contribution >= 0.6 is 11.8 Å². The predicted molar refractivity (Wildman–Crippen MR) is 97.3 cm³/mol. The molecule has 1 aliphatic heterocycles. The van der Waals surface area contributed by atoms with Crippen LogP contribution in [0.25, 0.3) is 0 Å². The van der Waals surface area contributed by atoms with E-state index in [1.54, 1.807) is 4.90 Å². The van der Waals surface area contributed by atoms with Crippen LogP contribution in [0.3, 0.4) is 0 Å². The average molecular weight is 340 g/mol. The molecule has 4 nitrogen and oxygen atoms in total. The number of para-hydroxylation sites is 1. The molecule has 2 aromatic carbocycles. The maximum absolute atomic E-state index is 12.3. The topological polar surface area (TPSA) is 49.4 Å². The van der Waals surface area contributed by atoms with E-state index < -0.39 is 0 Å². The average Bonchev–Trinajstić information content (AvgIpc) is 2.57. The van der Waals surface area contributed by atoms with Crippen molar-refractivity contribution in [1.82, 2.24) is 5.32 Å². The first-order valence-electron chi connectivity index (χ1n) is 7.89. The van der Waals surface area contributed by atoms with Gasteiger partial charge in [-0.15, -0.1) is 11.8 Å². The van der Waals surface area contributed by atoms with Crippen molar-refractivity contribution in [2.24, 2.45) is 0 Å². The minimum atomic E-state index is -0.148. The first-order valence-corrected chi connectivity index (χ1v) is 8.88. The van der Waals surface area contributed by atoms with Gasteiger partial charge >= 0.3 is 0 Å². The Bertz CT molecular complexity index is 789. The lowest BCUT2D eigenvalue weighted by Gasteiger charge is -2.28. The van der Waals surface area contributed by atoms with Crippen LogP contribution in [0.2, 0.25) is 0 Å². The number of fused-ring (bicyclic) bond motifs is 1. The van der Waals surface area contributed by atoms with Gasteiger partial charge in [0.05, 0.1) is 11.4 Å². The summed E-state index contributed by atoms with van der Waals surface area (Å²) in [6.45, 7) is 4.62. The predicted octanol–water partition coefficient (Wildman–Crippen LogP) is 3.06. The fourth-order valence-electron chi connectivity index (χ4n) is 2.76. The third-order valence-corrected chi connectivity index (χ3v) is 5.13. The summed E-state index contributed by atoms with van der Waals surface area (Å²) in [4.78, 5) is 27.1. The molecule has 1 aliphatic rings. The summed E-state index contributed by atoms with van der Waals surface area (Å²) in [5, 5.41) is 2.92. The Morgan fingerprint density at radius 2 is 2.00 bits per heavy atom. The molecule has 0 spiro atoms. The second-order valence-electron chi connectivity index (χ2n) is 5.94. The number of anilines is 1. The zero-order valence-electron chi connectivity index (χ0n) is 13.8. The van der Waals surface area contributed by atoms with E-state index in [2.05, 4.69) is 11.4 Å². The van der Waals surface area contributed by atoms with Gasteiger partial charge in [-0.3, -0.25) is 9.59 Å². The van der Waals surface area contributed by atoms with Gasteiger partial charge in [0.25, 0.3) is 0 Å². The quantitative estimate of drug-likeness (QED) is 0.931. The van der Waals surface area contributed by atoms with Gasteiger partial charge in [-0.05, 0) is 37.1 Å². The van der Waals surface area contributed by atoms with Crippen molar-refractivity contribution in [2.45, 2.75) is 25.3 Å². The molecule has 2 amide bonds. The highest BCUT2D eigenvalue weighted by Gasteiger charge is 2.26. The minimum Gasteiger partial charge on any atom is -0.350 e. The second-order valence-corrected chi connectivity index (χ2v) is 6.96. The number of nitrogens with one attached hydrogen (secondary N) is 1. The smallest absolute Gasteiger partial charge is 0.240 e. The summed E-state index contributed by atoms with van der Waals surface area (Å²) in [6, 6.07) is 13.9. The monoisotopic (exact) mass is 340 g/mol. The van der Waals surface area contributed by atoms with Crippen LogP contribution in [0.15, 0.2) is 47.4 Å². The molecule has 5 heteroatoms. The summed E-state index contributed by atoms with van der Waals surface area (Å²) in [5.41, 5.74) is 4.27. The van der Waals surface area contributed by atoms with Crippen molar-refractivity contribution < 1.29 is 9.59 Å². The van der Waals surface area contributed by atoms with Crippen LogP contribution in [0.4, 0.5) is 5.69 Å². The molecule has 0 atom stereocenters. The van der Waals surface area contributed by atoms with Crippen molar-refractivity contribution in [1.29, 1.82) is 0 Å². The first-order chi connectivity index (χ1) is 11.5. The number of thioether (sulfide) groups is 1. The number of benzene rings is 2. The number of nitrogens with zero attached hydrogens (tertiary/aromatic N) is 1. The van der Waals surface area contributed by atoms with Crippen molar-refractivity contribution in [3.63, 3.8) is 0 Å². The number of hydrogen-bond acceptors (Lipinski definition) is 3. The van der Waals surface area contributed by atoms with E-state index in [0.717, 1.165) is 21.7 Å². The maximum Gasteiger partial charge on any atom is 0.240 e. The van der Waals surface area contributed by atoms with E-state index in [9.17, 15) is 9.59 Å². The molecule has 0 aromatic heterocycles. The molecule has 1 heterocycles. The molecular formula is C19H20N2O2S. The van der Waals surface area contributed by atoms with Crippen LogP contribution in [0.5, 0.6) is 0 Å². The van der Waals surface area contributed by atoms with Gasteiger partial charge in [0.2, 0.25) is 11.8 Å². The second kappa shape index (κ2) is 7.09. The molecule has 24 heavy (non-hydrogen) atoms. The molecule has 0 saturated heterocycles. The number of hydrogen-bond donors (Lipinski definition) is 1. The van der Waals surface area contributed by atoms with Crippen LogP contribution in [0, 0.1) is 13.8 Å². The van der Waals surface area contributed by atoms with Crippen molar-refractivity contribution in [3.05, 3.63) is 59.2 Å². The Hall–Kier alpha value is -2.27. The van der Waals surface area contributed by atoms with Gasteiger partial charge < -0.3 is 10.2 Å². The number of rotatable bonds is 4.